The molecule has 0 spiro atoms. The van der Waals surface area contributed by atoms with Crippen LogP contribution >= 0.6 is 0 Å². The van der Waals surface area contributed by atoms with E-state index in [0.29, 0.717) is 64.6 Å². The van der Waals surface area contributed by atoms with E-state index in [-0.39, 0.29) is 24.8 Å². The van der Waals surface area contributed by atoms with Gasteiger partial charge in [-0.15, -0.1) is 0 Å². The first-order valence-corrected chi connectivity index (χ1v) is 14.9. The summed E-state index contributed by atoms with van der Waals surface area (Å²) in [5.74, 6) is -2.09. The molecule has 4 amide bonds. The molecule has 1 heterocycles. The quantitative estimate of drug-likeness (QED) is 0.0505. The normalized spacial score (nSPS) is 17.8. The molecular weight excluding hydrogens is 530 g/mol. The van der Waals surface area contributed by atoms with Crippen LogP contribution in [0.15, 0.2) is 4.99 Å². The van der Waals surface area contributed by atoms with Crippen molar-refractivity contribution in [2.24, 2.45) is 33.7 Å². The maximum atomic E-state index is 14.0. The van der Waals surface area contributed by atoms with Crippen LogP contribution in [0.3, 0.4) is 0 Å². The largest absolute Gasteiger partial charge is 0.391 e. The SMILES string of the molecule is CCCCCCN(C(=O)[C@@H]1CCCN1C(=O)[C@H](CCCCN)NC(=O)[C@@H](N)C(C)O)[C@@H](CCCN=C(N)N)C(N)=O. The average molecular weight is 584 g/mol. The van der Waals surface area contributed by atoms with Crippen molar-refractivity contribution in [1.29, 1.82) is 0 Å². The molecule has 0 aromatic heterocycles. The van der Waals surface area contributed by atoms with Crippen LogP contribution in [0, 0.1) is 0 Å². The molecule has 5 atom stereocenters. The number of aliphatic hydroxyl groups is 1. The van der Waals surface area contributed by atoms with Crippen LogP contribution in [0.4, 0.5) is 0 Å². The standard InChI is InChI=1S/C27H53N9O5/c1-3-4-5-8-16-35(20(23(30)38)12-9-15-33-27(31)32)26(41)21-13-10-17-36(21)25(40)19(11-6-7-14-28)34-24(39)22(29)18(2)37/h18-22,37H,3-17,28-29H2,1-2H3,(H2,30,38)(H,34,39)(H4,31,32,33)/t18?,19-,20-,21-,22-/m0/s1. The van der Waals surface area contributed by atoms with Gasteiger partial charge < -0.3 is 48.9 Å². The third-order valence-electron chi connectivity index (χ3n) is 7.38. The number of carbonyl (C=O) groups excluding carboxylic acids is 4. The Hall–Kier alpha value is -2.97. The summed E-state index contributed by atoms with van der Waals surface area (Å²) in [7, 11) is 0. The Morgan fingerprint density at radius 3 is 2.34 bits per heavy atom. The zero-order chi connectivity index (χ0) is 30.9. The number of likely N-dealkylation sites (tertiary alicyclic amines) is 1. The number of aliphatic hydroxyl groups excluding tert-OH is 1. The highest BCUT2D eigenvalue weighted by Crippen LogP contribution is 2.24. The second-order valence-corrected chi connectivity index (χ2v) is 10.8. The first-order valence-electron chi connectivity index (χ1n) is 14.9. The number of nitrogens with two attached hydrogens (primary N) is 5. The summed E-state index contributed by atoms with van der Waals surface area (Å²) < 4.78 is 0. The molecule has 0 radical (unpaired) electrons. The molecule has 1 fully saturated rings. The molecule has 1 aliphatic rings. The van der Waals surface area contributed by atoms with E-state index in [9.17, 15) is 24.3 Å². The number of guanidine groups is 1. The number of hydrogen-bond acceptors (Lipinski definition) is 8. The maximum Gasteiger partial charge on any atom is 0.246 e. The Morgan fingerprint density at radius 1 is 1.05 bits per heavy atom. The molecular formula is C27H53N9O5. The van der Waals surface area contributed by atoms with Gasteiger partial charge in [-0.2, -0.15) is 0 Å². The van der Waals surface area contributed by atoms with Crippen molar-refractivity contribution in [2.45, 2.75) is 115 Å². The van der Waals surface area contributed by atoms with Crippen molar-refractivity contribution in [3.8, 4) is 0 Å². The Morgan fingerprint density at radius 2 is 1.76 bits per heavy atom. The second-order valence-electron chi connectivity index (χ2n) is 10.8. The summed E-state index contributed by atoms with van der Waals surface area (Å²) in [6.45, 7) is 4.85. The number of nitrogens with one attached hydrogen (secondary N) is 1. The number of rotatable bonds is 20. The third kappa shape index (κ3) is 12.2. The van der Waals surface area contributed by atoms with Crippen LogP contribution in [0.1, 0.15) is 84.5 Å². The monoisotopic (exact) mass is 583 g/mol. The van der Waals surface area contributed by atoms with E-state index in [2.05, 4.69) is 17.2 Å². The van der Waals surface area contributed by atoms with Crippen molar-refractivity contribution < 1.29 is 24.3 Å². The Balaban J connectivity index is 3.20. The smallest absolute Gasteiger partial charge is 0.246 e. The van der Waals surface area contributed by atoms with Crippen LogP contribution in [0.5, 0.6) is 0 Å². The Bertz CT molecular complexity index is 866. The van der Waals surface area contributed by atoms with E-state index in [1.165, 1.54) is 16.7 Å². The van der Waals surface area contributed by atoms with Crippen LogP contribution in [-0.4, -0.2) is 101 Å². The summed E-state index contributed by atoms with van der Waals surface area (Å²) in [5.41, 5.74) is 28.0. The molecule has 0 bridgehead atoms. The highest BCUT2D eigenvalue weighted by atomic mass is 16.3. The maximum absolute atomic E-state index is 14.0. The number of carbonyl (C=O) groups is 4. The molecule has 1 rings (SSSR count). The van der Waals surface area contributed by atoms with Gasteiger partial charge in [-0.05, 0) is 64.8 Å². The number of aliphatic imine (C=N–C) groups is 1. The summed E-state index contributed by atoms with van der Waals surface area (Å²) in [6, 6.07) is -3.81. The number of hydrogen-bond donors (Lipinski definition) is 7. The molecule has 14 nitrogen and oxygen atoms in total. The highest BCUT2D eigenvalue weighted by Gasteiger charge is 2.41. The number of primary amides is 1. The molecule has 0 aromatic rings. The van der Waals surface area contributed by atoms with Crippen LogP contribution in [0.2, 0.25) is 0 Å². The summed E-state index contributed by atoms with van der Waals surface area (Å²) in [4.78, 5) is 59.9. The van der Waals surface area contributed by atoms with Crippen LogP contribution < -0.4 is 34.0 Å². The van der Waals surface area contributed by atoms with E-state index in [1.54, 1.807) is 0 Å². The van der Waals surface area contributed by atoms with Gasteiger partial charge in [0.15, 0.2) is 5.96 Å². The first kappa shape index (κ1) is 36.1. The minimum Gasteiger partial charge on any atom is -0.391 e. The lowest BCUT2D eigenvalue weighted by Crippen LogP contribution is -2.59. The van der Waals surface area contributed by atoms with E-state index >= 15 is 0 Å². The lowest BCUT2D eigenvalue weighted by Gasteiger charge is -2.36. The van der Waals surface area contributed by atoms with Crippen molar-refractivity contribution in [1.82, 2.24) is 15.1 Å². The number of nitrogens with zero attached hydrogens (tertiary/aromatic N) is 3. The molecule has 1 unspecified atom stereocenters. The van der Waals surface area contributed by atoms with E-state index < -0.39 is 48.0 Å². The van der Waals surface area contributed by atoms with Gasteiger partial charge in [-0.3, -0.25) is 24.2 Å². The predicted octanol–water partition coefficient (Wildman–Crippen LogP) is -1.38. The van der Waals surface area contributed by atoms with Crippen molar-refractivity contribution >= 4 is 29.6 Å². The van der Waals surface area contributed by atoms with E-state index in [0.717, 1.165) is 19.3 Å². The molecule has 14 heteroatoms. The Kier molecular flexibility index (Phi) is 16.9. The fourth-order valence-electron chi connectivity index (χ4n) is 4.99. The van der Waals surface area contributed by atoms with Gasteiger partial charge in [0.25, 0.3) is 0 Å². The summed E-state index contributed by atoms with van der Waals surface area (Å²) >= 11 is 0. The van der Waals surface area contributed by atoms with Gasteiger partial charge in [0.05, 0.1) is 6.10 Å². The Labute approximate surface area is 243 Å². The molecule has 1 saturated heterocycles. The highest BCUT2D eigenvalue weighted by molar-refractivity contribution is 5.95. The van der Waals surface area contributed by atoms with Gasteiger partial charge in [0.2, 0.25) is 23.6 Å². The second kappa shape index (κ2) is 19.2. The summed E-state index contributed by atoms with van der Waals surface area (Å²) in [6.07, 6.45) is 5.73. The van der Waals surface area contributed by atoms with Gasteiger partial charge in [0, 0.05) is 19.6 Å². The average Bonchev–Trinajstić information content (AvgIpc) is 3.41. The van der Waals surface area contributed by atoms with Gasteiger partial charge in [-0.25, -0.2) is 0 Å². The molecule has 236 valence electrons. The van der Waals surface area contributed by atoms with Crippen molar-refractivity contribution in [3.63, 3.8) is 0 Å². The minimum atomic E-state index is -1.20. The van der Waals surface area contributed by atoms with E-state index in [1.807, 2.05) is 0 Å². The zero-order valence-corrected chi connectivity index (χ0v) is 24.8. The minimum absolute atomic E-state index is 0.0595. The van der Waals surface area contributed by atoms with Crippen LogP contribution in [-0.2, 0) is 19.2 Å². The fourth-order valence-corrected chi connectivity index (χ4v) is 4.99. The fraction of sp³-hybridized carbons (Fsp3) is 0.815. The molecule has 41 heavy (non-hydrogen) atoms. The van der Waals surface area contributed by atoms with Gasteiger partial charge >= 0.3 is 0 Å². The van der Waals surface area contributed by atoms with Gasteiger partial charge in [-0.1, -0.05) is 26.2 Å². The molecule has 0 aromatic carbocycles. The third-order valence-corrected chi connectivity index (χ3v) is 7.38. The molecule has 0 saturated carbocycles. The topological polar surface area (TPSA) is 249 Å². The van der Waals surface area contributed by atoms with Crippen LogP contribution in [0.25, 0.3) is 0 Å². The zero-order valence-electron chi connectivity index (χ0n) is 24.8. The lowest BCUT2D eigenvalue weighted by molar-refractivity contribution is -0.149. The lowest BCUT2D eigenvalue weighted by atomic mass is 10.0. The molecule has 0 aliphatic carbocycles. The number of unbranched alkanes of at least 4 members (excludes halogenated alkanes) is 4. The van der Waals surface area contributed by atoms with Crippen molar-refractivity contribution in [2.75, 3.05) is 26.2 Å². The first-order chi connectivity index (χ1) is 19.5. The predicted molar refractivity (Wildman–Crippen MR) is 158 cm³/mol. The van der Waals surface area contributed by atoms with E-state index in [4.69, 9.17) is 28.7 Å². The van der Waals surface area contributed by atoms with Crippen molar-refractivity contribution in [3.05, 3.63) is 0 Å². The molecule has 1 aliphatic heterocycles. The molecule has 12 N–H and O–H groups in total. The van der Waals surface area contributed by atoms with Gasteiger partial charge in [0.1, 0.15) is 24.2 Å². The summed E-state index contributed by atoms with van der Waals surface area (Å²) in [5, 5.41) is 12.4. The number of amides is 4.